The number of carbonyl (C=O) groups excluding carboxylic acids is 1. The molecule has 1 aliphatic rings. The normalized spacial score (nSPS) is 17.3. The quantitative estimate of drug-likeness (QED) is 0.704. The molecule has 8 heteroatoms. The first-order valence-electron chi connectivity index (χ1n) is 9.19. The number of piperidine rings is 1. The standard InChI is InChI=1S/C19H23N7O/c1-14-6-7-15(11-20-14)19(27)25-9-3-5-16(12-25)18-23-22-17(24(18)2)13-26-10-4-8-21-26/h4,6-8,10-11,16H,3,5,9,12-13H2,1-2H3. The van der Waals surface area contributed by atoms with Crippen molar-refractivity contribution >= 4 is 5.91 Å². The third-order valence-corrected chi connectivity index (χ3v) is 5.09. The van der Waals surface area contributed by atoms with Crippen LogP contribution in [0.15, 0.2) is 36.8 Å². The molecule has 0 aromatic carbocycles. The van der Waals surface area contributed by atoms with Crippen LogP contribution in [0.25, 0.3) is 0 Å². The summed E-state index contributed by atoms with van der Waals surface area (Å²) in [5, 5.41) is 13.0. The molecule has 0 radical (unpaired) electrons. The van der Waals surface area contributed by atoms with Gasteiger partial charge < -0.3 is 9.47 Å². The molecule has 3 aromatic rings. The molecule has 0 spiro atoms. The van der Waals surface area contributed by atoms with Gasteiger partial charge in [0.05, 0.1) is 5.56 Å². The summed E-state index contributed by atoms with van der Waals surface area (Å²) in [7, 11) is 1.98. The number of carbonyl (C=O) groups is 1. The maximum atomic E-state index is 12.8. The van der Waals surface area contributed by atoms with Crippen LogP contribution in [0.1, 0.15) is 46.5 Å². The molecule has 0 saturated carbocycles. The summed E-state index contributed by atoms with van der Waals surface area (Å²) < 4.78 is 3.86. The molecular formula is C19H23N7O. The Hall–Kier alpha value is -3.03. The number of pyridine rings is 1. The van der Waals surface area contributed by atoms with Gasteiger partial charge in [-0.25, -0.2) is 0 Å². The van der Waals surface area contributed by atoms with Gasteiger partial charge in [-0.05, 0) is 38.0 Å². The number of hydrogen-bond acceptors (Lipinski definition) is 5. The summed E-state index contributed by atoms with van der Waals surface area (Å²) in [5.74, 6) is 2.01. The maximum absolute atomic E-state index is 12.8. The predicted molar refractivity (Wildman–Crippen MR) is 99.2 cm³/mol. The third-order valence-electron chi connectivity index (χ3n) is 5.09. The van der Waals surface area contributed by atoms with Gasteiger partial charge >= 0.3 is 0 Å². The fourth-order valence-corrected chi connectivity index (χ4v) is 3.56. The van der Waals surface area contributed by atoms with E-state index >= 15 is 0 Å². The Morgan fingerprint density at radius 2 is 2.19 bits per heavy atom. The minimum absolute atomic E-state index is 0.0335. The largest absolute Gasteiger partial charge is 0.338 e. The van der Waals surface area contributed by atoms with Crippen molar-refractivity contribution in [2.45, 2.75) is 32.2 Å². The molecule has 4 rings (SSSR count). The fraction of sp³-hybridized carbons (Fsp3) is 0.421. The van der Waals surface area contributed by atoms with Gasteiger partial charge in [0.1, 0.15) is 12.4 Å². The van der Waals surface area contributed by atoms with Crippen molar-refractivity contribution in [1.29, 1.82) is 0 Å². The van der Waals surface area contributed by atoms with Gasteiger partial charge in [0.15, 0.2) is 5.82 Å². The van der Waals surface area contributed by atoms with E-state index in [9.17, 15) is 4.79 Å². The van der Waals surface area contributed by atoms with Crippen LogP contribution < -0.4 is 0 Å². The molecule has 140 valence electrons. The van der Waals surface area contributed by atoms with E-state index in [0.29, 0.717) is 18.7 Å². The first-order valence-corrected chi connectivity index (χ1v) is 9.19. The van der Waals surface area contributed by atoms with E-state index in [0.717, 1.165) is 36.7 Å². The molecule has 0 aliphatic carbocycles. The van der Waals surface area contributed by atoms with Crippen LogP contribution in [0.2, 0.25) is 0 Å². The highest BCUT2D eigenvalue weighted by Gasteiger charge is 2.29. The molecule has 1 saturated heterocycles. The average Bonchev–Trinajstić information content (AvgIpc) is 3.33. The Kier molecular flexibility index (Phi) is 4.70. The van der Waals surface area contributed by atoms with Gasteiger partial charge in [-0.1, -0.05) is 0 Å². The summed E-state index contributed by atoms with van der Waals surface area (Å²) >= 11 is 0. The molecule has 1 aliphatic heterocycles. The van der Waals surface area contributed by atoms with Gasteiger partial charge in [0.25, 0.3) is 5.91 Å². The van der Waals surface area contributed by atoms with E-state index in [2.05, 4.69) is 20.3 Å². The first kappa shape index (κ1) is 17.4. The molecule has 1 amide bonds. The van der Waals surface area contributed by atoms with Crippen LogP contribution in [0.5, 0.6) is 0 Å². The second kappa shape index (κ2) is 7.30. The molecule has 1 unspecified atom stereocenters. The van der Waals surface area contributed by atoms with E-state index in [4.69, 9.17) is 0 Å². The number of likely N-dealkylation sites (tertiary alicyclic amines) is 1. The third kappa shape index (κ3) is 3.60. The number of aryl methyl sites for hydroxylation is 1. The first-order chi connectivity index (χ1) is 13.1. The summed E-state index contributed by atoms with van der Waals surface area (Å²) in [6.07, 6.45) is 7.28. The highest BCUT2D eigenvalue weighted by molar-refractivity contribution is 5.94. The number of rotatable bonds is 4. The van der Waals surface area contributed by atoms with E-state index in [1.807, 2.05) is 52.5 Å². The lowest BCUT2D eigenvalue weighted by Gasteiger charge is -2.32. The van der Waals surface area contributed by atoms with Crippen molar-refractivity contribution in [3.05, 3.63) is 59.7 Å². The number of hydrogen-bond donors (Lipinski definition) is 0. The van der Waals surface area contributed by atoms with Crippen LogP contribution in [-0.4, -0.2) is 53.4 Å². The van der Waals surface area contributed by atoms with Gasteiger partial charge in [-0.2, -0.15) is 5.10 Å². The van der Waals surface area contributed by atoms with Crippen LogP contribution in [0.4, 0.5) is 0 Å². The smallest absolute Gasteiger partial charge is 0.255 e. The number of aromatic nitrogens is 6. The monoisotopic (exact) mass is 365 g/mol. The zero-order valence-electron chi connectivity index (χ0n) is 15.6. The Morgan fingerprint density at radius 1 is 1.30 bits per heavy atom. The van der Waals surface area contributed by atoms with Gasteiger partial charge in [0, 0.05) is 50.3 Å². The summed E-state index contributed by atoms with van der Waals surface area (Å²) in [5.41, 5.74) is 1.55. The van der Waals surface area contributed by atoms with E-state index < -0.39 is 0 Å². The fourth-order valence-electron chi connectivity index (χ4n) is 3.56. The summed E-state index contributed by atoms with van der Waals surface area (Å²) in [4.78, 5) is 19.0. The SMILES string of the molecule is Cc1ccc(C(=O)N2CCCC(c3nnc(Cn4cccn4)n3C)C2)cn1. The Bertz CT molecular complexity index is 914. The second-order valence-corrected chi connectivity index (χ2v) is 7.02. The van der Waals surface area contributed by atoms with Gasteiger partial charge in [0.2, 0.25) is 0 Å². The van der Waals surface area contributed by atoms with Crippen molar-refractivity contribution in [2.24, 2.45) is 7.05 Å². The lowest BCUT2D eigenvalue weighted by molar-refractivity contribution is 0.0703. The highest BCUT2D eigenvalue weighted by atomic mass is 16.2. The molecule has 3 aromatic heterocycles. The van der Waals surface area contributed by atoms with Crippen molar-refractivity contribution < 1.29 is 4.79 Å². The van der Waals surface area contributed by atoms with E-state index in [-0.39, 0.29) is 11.8 Å². The Balaban J connectivity index is 1.49. The molecule has 8 nitrogen and oxygen atoms in total. The highest BCUT2D eigenvalue weighted by Crippen LogP contribution is 2.26. The molecule has 0 N–H and O–H groups in total. The van der Waals surface area contributed by atoms with E-state index in [1.165, 1.54) is 0 Å². The predicted octanol–water partition coefficient (Wildman–Crippen LogP) is 1.78. The van der Waals surface area contributed by atoms with Crippen LogP contribution in [0, 0.1) is 6.92 Å². The average molecular weight is 365 g/mol. The molecule has 4 heterocycles. The van der Waals surface area contributed by atoms with Gasteiger partial charge in [-0.3, -0.25) is 14.5 Å². The minimum atomic E-state index is 0.0335. The molecule has 27 heavy (non-hydrogen) atoms. The van der Waals surface area contributed by atoms with Crippen molar-refractivity contribution in [3.63, 3.8) is 0 Å². The Labute approximate surface area is 157 Å². The Morgan fingerprint density at radius 3 is 2.93 bits per heavy atom. The van der Waals surface area contributed by atoms with Crippen molar-refractivity contribution in [1.82, 2.24) is 34.4 Å². The number of nitrogens with zero attached hydrogens (tertiary/aromatic N) is 7. The zero-order chi connectivity index (χ0) is 18.8. The van der Waals surface area contributed by atoms with E-state index in [1.54, 1.807) is 12.4 Å². The maximum Gasteiger partial charge on any atom is 0.255 e. The summed E-state index contributed by atoms with van der Waals surface area (Å²) in [6, 6.07) is 5.61. The van der Waals surface area contributed by atoms with Crippen molar-refractivity contribution in [3.8, 4) is 0 Å². The van der Waals surface area contributed by atoms with Crippen LogP contribution >= 0.6 is 0 Å². The second-order valence-electron chi connectivity index (χ2n) is 7.02. The zero-order valence-corrected chi connectivity index (χ0v) is 15.6. The van der Waals surface area contributed by atoms with Crippen LogP contribution in [-0.2, 0) is 13.6 Å². The van der Waals surface area contributed by atoms with Crippen molar-refractivity contribution in [2.75, 3.05) is 13.1 Å². The van der Waals surface area contributed by atoms with Gasteiger partial charge in [-0.15, -0.1) is 10.2 Å². The number of amides is 1. The topological polar surface area (TPSA) is 81.7 Å². The lowest BCUT2D eigenvalue weighted by Crippen LogP contribution is -2.39. The lowest BCUT2D eigenvalue weighted by atomic mass is 9.96. The molecule has 1 atom stereocenters. The summed E-state index contributed by atoms with van der Waals surface area (Å²) in [6.45, 7) is 3.92. The minimum Gasteiger partial charge on any atom is -0.338 e. The molecule has 0 bridgehead atoms. The van der Waals surface area contributed by atoms with Crippen LogP contribution in [0.3, 0.4) is 0 Å². The molecular weight excluding hydrogens is 342 g/mol. The molecule has 1 fully saturated rings.